The van der Waals surface area contributed by atoms with E-state index >= 15 is 0 Å². The largest absolute Gasteiger partial charge is 0.543 e. The molecular formula is C34H46O14. The maximum absolute atomic E-state index is 11.9. The Balaban J connectivity index is 1.29. The van der Waals surface area contributed by atoms with Crippen molar-refractivity contribution in [3.63, 3.8) is 0 Å². The zero-order valence-corrected chi connectivity index (χ0v) is 27.6. The Morgan fingerprint density at radius 1 is 0.438 bits per heavy atom. The predicted molar refractivity (Wildman–Crippen MR) is 168 cm³/mol. The first kappa shape index (κ1) is 39.6. The summed E-state index contributed by atoms with van der Waals surface area (Å²) in [6.45, 7) is 0.365. The van der Waals surface area contributed by atoms with Crippen LogP contribution >= 0.6 is 0 Å². The van der Waals surface area contributed by atoms with Crippen LogP contribution in [0.5, 0.6) is 11.5 Å². The number of para-hydroxylation sites is 2. The molecule has 0 fully saturated rings. The number of carbonyl (C=O) groups excluding carboxylic acids is 4. The maximum atomic E-state index is 11.9. The number of hydrogen-bond donors (Lipinski definition) is 0. The van der Waals surface area contributed by atoms with Gasteiger partial charge in [-0.3, -0.25) is 9.78 Å². The molecule has 0 amide bonds. The minimum Gasteiger partial charge on any atom is -0.496 e. The van der Waals surface area contributed by atoms with Crippen LogP contribution in [0.2, 0.25) is 0 Å². The fourth-order valence-electron chi connectivity index (χ4n) is 4.55. The first-order valence-electron chi connectivity index (χ1n) is 16.2. The van der Waals surface area contributed by atoms with E-state index in [1.54, 1.807) is 36.4 Å². The van der Waals surface area contributed by atoms with Gasteiger partial charge in [0.15, 0.2) is 0 Å². The van der Waals surface area contributed by atoms with Gasteiger partial charge in [0.1, 0.15) is 22.6 Å². The maximum Gasteiger partial charge on any atom is 0.543 e. The van der Waals surface area contributed by atoms with Gasteiger partial charge in [-0.25, -0.2) is 29.0 Å². The van der Waals surface area contributed by atoms with Crippen LogP contribution in [-0.2, 0) is 39.1 Å². The van der Waals surface area contributed by atoms with Gasteiger partial charge in [-0.1, -0.05) is 101 Å². The third kappa shape index (κ3) is 17.4. The second-order valence-electron chi connectivity index (χ2n) is 10.6. The van der Waals surface area contributed by atoms with Gasteiger partial charge in [0.2, 0.25) is 0 Å². The van der Waals surface area contributed by atoms with Crippen molar-refractivity contribution in [2.75, 3.05) is 27.4 Å². The smallest absolute Gasteiger partial charge is 0.496 e. The van der Waals surface area contributed by atoms with Crippen LogP contribution in [0.4, 0.5) is 9.59 Å². The minimum absolute atomic E-state index is 0.121. The van der Waals surface area contributed by atoms with Crippen LogP contribution in [0, 0.1) is 0 Å². The van der Waals surface area contributed by atoms with Crippen molar-refractivity contribution in [1.29, 1.82) is 0 Å². The lowest BCUT2D eigenvalue weighted by Crippen LogP contribution is -2.13. The fourth-order valence-corrected chi connectivity index (χ4v) is 4.55. The Labute approximate surface area is 280 Å². The molecule has 0 aliphatic rings. The first-order valence-corrected chi connectivity index (χ1v) is 16.2. The van der Waals surface area contributed by atoms with Crippen molar-refractivity contribution in [1.82, 2.24) is 0 Å². The summed E-state index contributed by atoms with van der Waals surface area (Å²) in [6, 6.07) is 12.8. The Morgan fingerprint density at radius 2 is 0.750 bits per heavy atom. The molecule has 2 aromatic carbocycles. The van der Waals surface area contributed by atoms with Crippen LogP contribution in [-0.4, -0.2) is 51.7 Å². The van der Waals surface area contributed by atoms with E-state index in [1.165, 1.54) is 64.9 Å². The number of benzene rings is 2. The third-order valence-corrected chi connectivity index (χ3v) is 7.06. The molecule has 2 aromatic rings. The van der Waals surface area contributed by atoms with Crippen LogP contribution in [0.1, 0.15) is 111 Å². The molecule has 0 aromatic heterocycles. The first-order chi connectivity index (χ1) is 23.5. The summed E-state index contributed by atoms with van der Waals surface area (Å²) in [7, 11) is 2.82. The third-order valence-electron chi connectivity index (χ3n) is 7.06. The number of rotatable bonds is 25. The average molecular weight is 679 g/mol. The van der Waals surface area contributed by atoms with E-state index in [0.29, 0.717) is 24.3 Å². The monoisotopic (exact) mass is 678 g/mol. The van der Waals surface area contributed by atoms with Gasteiger partial charge >= 0.3 is 24.2 Å². The molecule has 2 rings (SSSR count). The molecule has 0 heterocycles. The van der Waals surface area contributed by atoms with E-state index in [0.717, 1.165) is 38.5 Å². The van der Waals surface area contributed by atoms with E-state index in [9.17, 15) is 19.2 Å². The van der Waals surface area contributed by atoms with E-state index in [4.69, 9.17) is 18.9 Å². The van der Waals surface area contributed by atoms with E-state index in [2.05, 4.69) is 29.6 Å². The Hall–Kier alpha value is -4.56. The van der Waals surface area contributed by atoms with Gasteiger partial charge in [-0.05, 0) is 37.1 Å². The number of carbonyl (C=O) groups is 4. The topological polar surface area (TPSA) is 161 Å². The minimum atomic E-state index is -1.09. The standard InChI is InChI=1S/C34H46O14/c1-39-29-23-17-15-21-27(29)31(35)43-47-45-33(37)41-25-19-13-11-9-7-5-3-4-6-8-10-12-14-20-26-42-34(38)46-48-44-32(36)28-22-16-18-24-30(28)40-2/h15-18,21-24H,3-14,19-20,25-26H2,1-2H3. The lowest BCUT2D eigenvalue weighted by molar-refractivity contribution is -0.452. The SMILES string of the molecule is COc1ccccc1C(=O)OOOC(=O)OCCCCCCCCCCCCCCCCOC(=O)OOOC(=O)c1ccccc1OC. The van der Waals surface area contributed by atoms with Gasteiger partial charge in [0, 0.05) is 0 Å². The summed E-state index contributed by atoms with van der Waals surface area (Å²) in [6.07, 6.45) is 12.6. The summed E-state index contributed by atoms with van der Waals surface area (Å²) < 4.78 is 19.9. The van der Waals surface area contributed by atoms with Crippen molar-refractivity contribution in [3.8, 4) is 11.5 Å². The molecule has 0 aliphatic carbocycles. The van der Waals surface area contributed by atoms with Gasteiger partial charge in [0.25, 0.3) is 0 Å². The number of ether oxygens (including phenoxy) is 4. The second kappa shape index (κ2) is 25.5. The highest BCUT2D eigenvalue weighted by Gasteiger charge is 2.17. The Bertz CT molecular complexity index is 1120. The Morgan fingerprint density at radius 3 is 1.08 bits per heavy atom. The lowest BCUT2D eigenvalue weighted by Gasteiger charge is -2.07. The highest BCUT2D eigenvalue weighted by molar-refractivity contribution is 5.92. The molecule has 0 saturated heterocycles. The van der Waals surface area contributed by atoms with Crippen LogP contribution in [0.3, 0.4) is 0 Å². The lowest BCUT2D eigenvalue weighted by atomic mass is 10.0. The number of hydrogen-bond acceptors (Lipinski definition) is 14. The van der Waals surface area contributed by atoms with Gasteiger partial charge in [-0.15, -0.1) is 0 Å². The van der Waals surface area contributed by atoms with Crippen molar-refractivity contribution in [3.05, 3.63) is 59.7 Å². The number of unbranched alkanes of at least 4 members (excludes halogenated alkanes) is 13. The molecule has 14 heteroatoms. The molecule has 0 unspecified atom stereocenters. The van der Waals surface area contributed by atoms with Crippen LogP contribution in [0.25, 0.3) is 0 Å². The summed E-state index contributed by atoms with van der Waals surface area (Å²) in [5, 5.41) is 8.43. The summed E-state index contributed by atoms with van der Waals surface area (Å²) in [5.41, 5.74) is 0.241. The number of methoxy groups -OCH3 is 2. The highest BCUT2D eigenvalue weighted by atomic mass is 17.5. The van der Waals surface area contributed by atoms with Crippen LogP contribution < -0.4 is 9.47 Å². The molecule has 0 N–H and O–H groups in total. The average Bonchev–Trinajstić information content (AvgIpc) is 3.10. The molecule has 14 nitrogen and oxygen atoms in total. The van der Waals surface area contributed by atoms with Crippen molar-refractivity contribution in [2.45, 2.75) is 89.9 Å². The summed E-state index contributed by atoms with van der Waals surface area (Å²) in [4.78, 5) is 64.4. The molecule has 0 atom stereocenters. The summed E-state index contributed by atoms with van der Waals surface area (Å²) in [5.74, 6) is -1.16. The fraction of sp³-hybridized carbons (Fsp3) is 0.529. The van der Waals surface area contributed by atoms with Crippen LogP contribution in [0.15, 0.2) is 48.5 Å². The van der Waals surface area contributed by atoms with Crippen molar-refractivity contribution >= 4 is 24.2 Å². The highest BCUT2D eigenvalue weighted by Crippen LogP contribution is 2.19. The Kier molecular flexibility index (Phi) is 21.1. The van der Waals surface area contributed by atoms with E-state index in [-0.39, 0.29) is 24.3 Å². The normalized spacial score (nSPS) is 10.5. The van der Waals surface area contributed by atoms with E-state index in [1.807, 2.05) is 0 Å². The molecular weight excluding hydrogens is 632 g/mol. The van der Waals surface area contributed by atoms with Gasteiger partial charge in [-0.2, -0.15) is 0 Å². The molecule has 0 spiro atoms. The molecule has 0 radical (unpaired) electrons. The van der Waals surface area contributed by atoms with Gasteiger partial charge < -0.3 is 18.9 Å². The van der Waals surface area contributed by atoms with Crippen molar-refractivity contribution in [2.24, 2.45) is 0 Å². The zero-order valence-electron chi connectivity index (χ0n) is 27.6. The second-order valence-corrected chi connectivity index (χ2v) is 10.6. The van der Waals surface area contributed by atoms with Gasteiger partial charge in [0.05, 0.1) is 37.5 Å². The van der Waals surface area contributed by atoms with E-state index < -0.39 is 24.2 Å². The molecule has 48 heavy (non-hydrogen) atoms. The van der Waals surface area contributed by atoms with Crippen molar-refractivity contribution < 1.29 is 67.8 Å². The zero-order chi connectivity index (χ0) is 34.7. The molecule has 0 saturated carbocycles. The molecule has 266 valence electrons. The predicted octanol–water partition coefficient (Wildman–Crippen LogP) is 8.18. The molecule has 0 bridgehead atoms. The molecule has 0 aliphatic heterocycles. The quantitative estimate of drug-likeness (QED) is 0.0428. The summed E-state index contributed by atoms with van der Waals surface area (Å²) >= 11 is 0.